The van der Waals surface area contributed by atoms with Gasteiger partial charge in [0.2, 0.25) is 0 Å². The number of halogens is 9. The van der Waals surface area contributed by atoms with E-state index < -0.39 is 69.3 Å². The highest BCUT2D eigenvalue weighted by Crippen LogP contribution is 2.39. The normalized spacial score (nSPS) is 11.5. The molecule has 0 spiro atoms. The van der Waals surface area contributed by atoms with E-state index in [2.05, 4.69) is 16.3 Å². The summed E-state index contributed by atoms with van der Waals surface area (Å²) in [6.07, 6.45) is 0.205. The standard InChI is InChI=1S/C34H20F9NO/c1-2-3-4-18-5-10-31(44-17-18)20-7-9-23(26(36)12-20)19-6-8-24(25(35)11-19)21-13-27(37)32(28(38)14-21)34(42,43)45-22-15-29(39)33(41)30(40)16-22/h2,5-17H,1,3-4H2. The quantitative estimate of drug-likeness (QED) is 0.0920. The van der Waals surface area contributed by atoms with Crippen LogP contribution in [-0.2, 0) is 12.5 Å². The van der Waals surface area contributed by atoms with Crippen molar-refractivity contribution in [2.75, 3.05) is 0 Å². The van der Waals surface area contributed by atoms with Crippen molar-refractivity contribution in [2.24, 2.45) is 0 Å². The first-order valence-corrected chi connectivity index (χ1v) is 13.2. The number of ether oxygens (including phenoxy) is 1. The van der Waals surface area contributed by atoms with Crippen LogP contribution >= 0.6 is 0 Å². The van der Waals surface area contributed by atoms with Crippen LogP contribution in [0.4, 0.5) is 39.5 Å². The Kier molecular flexibility index (Phi) is 8.72. The lowest BCUT2D eigenvalue weighted by molar-refractivity contribution is -0.189. The Balaban J connectivity index is 1.39. The van der Waals surface area contributed by atoms with E-state index in [1.807, 2.05) is 6.07 Å². The van der Waals surface area contributed by atoms with Crippen LogP contribution < -0.4 is 4.74 Å². The van der Waals surface area contributed by atoms with Crippen LogP contribution in [-0.4, -0.2) is 4.98 Å². The third-order valence-electron chi connectivity index (χ3n) is 6.85. The summed E-state index contributed by atoms with van der Waals surface area (Å²) >= 11 is 0. The molecule has 4 aromatic carbocycles. The van der Waals surface area contributed by atoms with Gasteiger partial charge >= 0.3 is 6.11 Å². The topological polar surface area (TPSA) is 22.1 Å². The average Bonchev–Trinajstić information content (AvgIpc) is 2.98. The van der Waals surface area contributed by atoms with E-state index in [4.69, 9.17) is 0 Å². The maximum Gasteiger partial charge on any atom is 0.432 e. The van der Waals surface area contributed by atoms with Gasteiger partial charge in [0.15, 0.2) is 17.5 Å². The molecule has 11 heteroatoms. The fourth-order valence-corrected chi connectivity index (χ4v) is 4.63. The van der Waals surface area contributed by atoms with Crippen molar-refractivity contribution < 1.29 is 44.3 Å². The van der Waals surface area contributed by atoms with E-state index in [0.29, 0.717) is 23.4 Å². The predicted molar refractivity (Wildman–Crippen MR) is 150 cm³/mol. The Bertz CT molecular complexity index is 1860. The first kappa shape index (κ1) is 31.4. The molecule has 0 aliphatic rings. The van der Waals surface area contributed by atoms with Gasteiger partial charge in [-0.25, -0.2) is 30.7 Å². The molecular formula is C34H20F9NO. The number of hydrogen-bond donors (Lipinski definition) is 0. The molecular weight excluding hydrogens is 609 g/mol. The number of alkyl halides is 2. The molecule has 0 atom stereocenters. The van der Waals surface area contributed by atoms with E-state index in [-0.39, 0.29) is 23.3 Å². The van der Waals surface area contributed by atoms with Crippen molar-refractivity contribution in [3.63, 3.8) is 0 Å². The third-order valence-corrected chi connectivity index (χ3v) is 6.85. The van der Waals surface area contributed by atoms with Gasteiger partial charge in [0.25, 0.3) is 0 Å². The van der Waals surface area contributed by atoms with Gasteiger partial charge in [-0.15, -0.1) is 6.58 Å². The summed E-state index contributed by atoms with van der Waals surface area (Å²) in [6, 6.07) is 12.1. The van der Waals surface area contributed by atoms with E-state index >= 15 is 8.78 Å². The molecule has 0 radical (unpaired) electrons. The maximum atomic E-state index is 15.2. The highest BCUT2D eigenvalue weighted by Gasteiger charge is 2.41. The molecule has 0 amide bonds. The van der Waals surface area contributed by atoms with Crippen LogP contribution in [0.25, 0.3) is 33.5 Å². The molecule has 0 fully saturated rings. The number of pyridine rings is 1. The van der Waals surface area contributed by atoms with Gasteiger partial charge in [-0.2, -0.15) is 8.78 Å². The Morgan fingerprint density at radius 2 is 1.20 bits per heavy atom. The number of benzene rings is 4. The molecule has 5 aromatic rings. The monoisotopic (exact) mass is 629 g/mol. The van der Waals surface area contributed by atoms with Crippen LogP contribution in [0.15, 0.2) is 91.6 Å². The molecule has 1 heterocycles. The molecule has 0 unspecified atom stereocenters. The smallest absolute Gasteiger partial charge is 0.429 e. The third kappa shape index (κ3) is 6.57. The van der Waals surface area contributed by atoms with Crippen molar-refractivity contribution >= 4 is 0 Å². The molecule has 0 aliphatic heterocycles. The second-order valence-corrected chi connectivity index (χ2v) is 9.90. The molecule has 0 N–H and O–H groups in total. The fourth-order valence-electron chi connectivity index (χ4n) is 4.63. The van der Waals surface area contributed by atoms with Gasteiger partial charge in [0.1, 0.15) is 34.6 Å². The zero-order valence-corrected chi connectivity index (χ0v) is 23.0. The number of aromatic nitrogens is 1. The number of allylic oxidation sites excluding steroid dienone is 1. The second kappa shape index (κ2) is 12.5. The van der Waals surface area contributed by atoms with Crippen molar-refractivity contribution in [1.29, 1.82) is 0 Å². The summed E-state index contributed by atoms with van der Waals surface area (Å²) in [4.78, 5) is 4.35. The van der Waals surface area contributed by atoms with E-state index in [1.54, 1.807) is 24.4 Å². The van der Waals surface area contributed by atoms with Crippen LogP contribution in [0.2, 0.25) is 0 Å². The number of hydrogen-bond acceptors (Lipinski definition) is 2. The average molecular weight is 630 g/mol. The minimum atomic E-state index is -4.81. The number of nitrogens with zero attached hydrogens (tertiary/aromatic N) is 1. The van der Waals surface area contributed by atoms with Gasteiger partial charge in [0.05, 0.1) is 5.69 Å². The lowest BCUT2D eigenvalue weighted by Crippen LogP contribution is -2.25. The summed E-state index contributed by atoms with van der Waals surface area (Å²) in [7, 11) is 0. The van der Waals surface area contributed by atoms with Gasteiger partial charge in [0, 0.05) is 35.0 Å². The van der Waals surface area contributed by atoms with E-state index in [0.717, 1.165) is 30.5 Å². The molecule has 5 rings (SSSR count). The largest absolute Gasteiger partial charge is 0.432 e. The van der Waals surface area contributed by atoms with Crippen molar-refractivity contribution in [3.8, 4) is 39.3 Å². The van der Waals surface area contributed by atoms with Crippen LogP contribution in [0.3, 0.4) is 0 Å². The van der Waals surface area contributed by atoms with Crippen molar-refractivity contribution in [1.82, 2.24) is 4.98 Å². The number of rotatable bonds is 9. The van der Waals surface area contributed by atoms with Crippen LogP contribution in [0, 0.1) is 40.7 Å². The first-order chi connectivity index (χ1) is 21.4. The van der Waals surface area contributed by atoms with E-state index in [1.165, 1.54) is 18.2 Å². The highest BCUT2D eigenvalue weighted by molar-refractivity contribution is 5.73. The minimum Gasteiger partial charge on any atom is -0.429 e. The Hall–Kier alpha value is -5.06. The SMILES string of the molecule is C=CCCc1ccc(-c2ccc(-c3ccc(-c4cc(F)c(C(F)(F)Oc5cc(F)c(F)c(F)c5)c(F)c4)c(F)c3)c(F)c2)nc1. The second-order valence-electron chi connectivity index (χ2n) is 9.90. The van der Waals surface area contributed by atoms with Gasteiger partial charge in [-0.05, 0) is 59.9 Å². The van der Waals surface area contributed by atoms with Gasteiger partial charge in [-0.3, -0.25) is 4.98 Å². The lowest BCUT2D eigenvalue weighted by Gasteiger charge is -2.20. The maximum absolute atomic E-state index is 15.2. The fraction of sp³-hybridized carbons (Fsp3) is 0.0882. The summed E-state index contributed by atoms with van der Waals surface area (Å²) in [5.41, 5.74) is -0.722. The molecule has 0 bridgehead atoms. The van der Waals surface area contributed by atoms with Crippen LogP contribution in [0.1, 0.15) is 17.5 Å². The Morgan fingerprint density at radius 3 is 1.76 bits per heavy atom. The highest BCUT2D eigenvalue weighted by atomic mass is 19.3. The number of aryl methyl sites for hydroxylation is 1. The van der Waals surface area contributed by atoms with Crippen molar-refractivity contribution in [3.05, 3.63) is 143 Å². The molecule has 45 heavy (non-hydrogen) atoms. The summed E-state index contributed by atoms with van der Waals surface area (Å²) in [5.74, 6) is -12.4. The van der Waals surface area contributed by atoms with Crippen molar-refractivity contribution in [2.45, 2.75) is 19.0 Å². The van der Waals surface area contributed by atoms with E-state index in [9.17, 15) is 30.7 Å². The molecule has 0 aliphatic carbocycles. The Morgan fingerprint density at radius 1 is 0.644 bits per heavy atom. The Labute approximate surface area is 251 Å². The first-order valence-electron chi connectivity index (χ1n) is 13.2. The summed E-state index contributed by atoms with van der Waals surface area (Å²) in [6.45, 7) is 3.67. The summed E-state index contributed by atoms with van der Waals surface area (Å²) in [5, 5.41) is 0. The minimum absolute atomic E-state index is 0.0185. The van der Waals surface area contributed by atoms with Gasteiger partial charge < -0.3 is 4.74 Å². The predicted octanol–water partition coefficient (Wildman–Crippen LogP) is 10.3. The lowest BCUT2D eigenvalue weighted by atomic mass is 9.97. The molecule has 1 aromatic heterocycles. The molecule has 230 valence electrons. The van der Waals surface area contributed by atoms with Gasteiger partial charge in [-0.1, -0.05) is 36.4 Å². The molecule has 0 saturated heterocycles. The zero-order chi connectivity index (χ0) is 32.5. The van der Waals surface area contributed by atoms with Crippen LogP contribution in [0.5, 0.6) is 5.75 Å². The molecule has 2 nitrogen and oxygen atoms in total. The zero-order valence-electron chi connectivity index (χ0n) is 23.0. The summed E-state index contributed by atoms with van der Waals surface area (Å²) < 4.78 is 133. The molecule has 0 saturated carbocycles.